The fourth-order valence-electron chi connectivity index (χ4n) is 3.49. The summed E-state index contributed by atoms with van der Waals surface area (Å²) in [6.07, 6.45) is 2.44. The second kappa shape index (κ2) is 10.4. The maximum Gasteiger partial charge on any atom is 0.235 e. The van der Waals surface area contributed by atoms with Crippen LogP contribution in [0.3, 0.4) is 0 Å². The molecule has 1 heterocycles. The van der Waals surface area contributed by atoms with Gasteiger partial charge in [-0.05, 0) is 42.8 Å². The molecule has 166 valence electrons. The molecule has 0 radical (unpaired) electrons. The summed E-state index contributed by atoms with van der Waals surface area (Å²) in [6, 6.07) is 16.1. The van der Waals surface area contributed by atoms with Gasteiger partial charge in [-0.3, -0.25) is 9.59 Å². The zero-order valence-electron chi connectivity index (χ0n) is 17.6. The van der Waals surface area contributed by atoms with Gasteiger partial charge in [0, 0.05) is 18.7 Å². The molecule has 8 heteroatoms. The number of amides is 2. The number of para-hydroxylation sites is 1. The van der Waals surface area contributed by atoms with Crippen molar-refractivity contribution in [2.45, 2.75) is 38.6 Å². The molecular formula is C23H28N2O5S. The molecule has 0 aromatic heterocycles. The minimum atomic E-state index is -3.43. The average molecular weight is 445 g/mol. The molecule has 1 atom stereocenters. The van der Waals surface area contributed by atoms with Crippen LogP contribution in [0.25, 0.3) is 0 Å². The minimum Gasteiger partial charge on any atom is -0.457 e. The van der Waals surface area contributed by atoms with Crippen molar-refractivity contribution in [2.24, 2.45) is 0 Å². The molecule has 7 nitrogen and oxygen atoms in total. The number of unbranched alkanes of at least 4 members (excludes halogenated alkanes) is 2. The summed E-state index contributed by atoms with van der Waals surface area (Å²) in [5.74, 6) is 0.184. The zero-order valence-corrected chi connectivity index (χ0v) is 18.4. The first-order valence-corrected chi connectivity index (χ1v) is 12.3. The van der Waals surface area contributed by atoms with Gasteiger partial charge in [-0.2, -0.15) is 0 Å². The normalized spacial score (nSPS) is 16.4. The number of anilines is 1. The Balaban J connectivity index is 1.53. The lowest BCUT2D eigenvalue weighted by atomic mass is 10.2. The lowest BCUT2D eigenvalue weighted by Crippen LogP contribution is -2.40. The van der Waals surface area contributed by atoms with E-state index in [2.05, 4.69) is 5.32 Å². The first kappa shape index (κ1) is 22.8. The van der Waals surface area contributed by atoms with Crippen LogP contribution in [0.5, 0.6) is 11.5 Å². The van der Waals surface area contributed by atoms with Crippen molar-refractivity contribution >= 4 is 27.3 Å². The predicted molar refractivity (Wildman–Crippen MR) is 120 cm³/mol. The summed E-state index contributed by atoms with van der Waals surface area (Å²) < 4.78 is 29.9. The van der Waals surface area contributed by atoms with E-state index in [1.165, 1.54) is 0 Å². The smallest absolute Gasteiger partial charge is 0.235 e. The third-order valence-corrected chi connectivity index (χ3v) is 6.64. The maximum atomic E-state index is 12.4. The lowest BCUT2D eigenvalue weighted by molar-refractivity contribution is -0.119. The average Bonchev–Trinajstić information content (AvgIpc) is 3.08. The summed E-state index contributed by atoms with van der Waals surface area (Å²) in [5, 5.41) is 2.69. The number of rotatable bonds is 10. The van der Waals surface area contributed by atoms with Crippen molar-refractivity contribution in [3.8, 4) is 11.5 Å². The third-order valence-electron chi connectivity index (χ3n) is 5.03. The Hall–Kier alpha value is -2.87. The Bertz CT molecular complexity index is 990. The highest BCUT2D eigenvalue weighted by Crippen LogP contribution is 2.27. The molecule has 0 bridgehead atoms. The molecule has 1 aliphatic rings. The Morgan fingerprint density at radius 2 is 1.74 bits per heavy atom. The van der Waals surface area contributed by atoms with E-state index in [0.29, 0.717) is 24.4 Å². The number of sulfone groups is 1. The molecule has 1 aliphatic heterocycles. The third kappa shape index (κ3) is 6.82. The van der Waals surface area contributed by atoms with E-state index >= 15 is 0 Å². The zero-order chi connectivity index (χ0) is 22.3. The molecule has 2 aromatic carbocycles. The van der Waals surface area contributed by atoms with Gasteiger partial charge in [0.2, 0.25) is 11.8 Å². The molecule has 0 aliphatic carbocycles. The van der Waals surface area contributed by atoms with Crippen LogP contribution in [0.4, 0.5) is 5.69 Å². The number of hydrogen-bond acceptors (Lipinski definition) is 5. The number of benzene rings is 2. The molecule has 0 spiro atoms. The van der Waals surface area contributed by atoms with E-state index in [-0.39, 0.29) is 18.1 Å². The number of carbonyl (C=O) groups is 2. The van der Waals surface area contributed by atoms with Crippen molar-refractivity contribution < 1.29 is 22.7 Å². The van der Waals surface area contributed by atoms with Crippen LogP contribution in [0.15, 0.2) is 54.6 Å². The van der Waals surface area contributed by atoms with Crippen LogP contribution in [0.1, 0.15) is 32.6 Å². The summed E-state index contributed by atoms with van der Waals surface area (Å²) in [4.78, 5) is 26.2. The number of hydrogen-bond donors (Lipinski definition) is 1. The van der Waals surface area contributed by atoms with Crippen molar-refractivity contribution in [3.05, 3.63) is 54.6 Å². The lowest BCUT2D eigenvalue weighted by Gasteiger charge is -2.18. The van der Waals surface area contributed by atoms with Gasteiger partial charge in [0.15, 0.2) is 9.84 Å². The van der Waals surface area contributed by atoms with Gasteiger partial charge in [0.05, 0.1) is 11.8 Å². The SMILES string of the molecule is CCCCCS(=O)(=O)CC(=O)NC1CC(=O)N(c2ccc(Oc3ccccc3)cc2)C1. The Morgan fingerprint density at radius 1 is 1.06 bits per heavy atom. The van der Waals surface area contributed by atoms with Crippen LogP contribution in [0.2, 0.25) is 0 Å². The predicted octanol–water partition coefficient (Wildman–Crippen LogP) is 3.31. The first-order chi connectivity index (χ1) is 14.9. The highest BCUT2D eigenvalue weighted by molar-refractivity contribution is 7.92. The molecule has 3 rings (SSSR count). The monoisotopic (exact) mass is 444 g/mol. The van der Waals surface area contributed by atoms with E-state index in [9.17, 15) is 18.0 Å². The molecule has 31 heavy (non-hydrogen) atoms. The second-order valence-electron chi connectivity index (χ2n) is 7.68. The van der Waals surface area contributed by atoms with Gasteiger partial charge in [0.25, 0.3) is 0 Å². The summed E-state index contributed by atoms with van der Waals surface area (Å²) in [7, 11) is -3.43. The van der Waals surface area contributed by atoms with Crippen molar-refractivity contribution in [3.63, 3.8) is 0 Å². The van der Waals surface area contributed by atoms with Gasteiger partial charge in [-0.1, -0.05) is 38.0 Å². The van der Waals surface area contributed by atoms with Crippen LogP contribution < -0.4 is 15.0 Å². The number of ether oxygens (including phenoxy) is 1. The largest absolute Gasteiger partial charge is 0.457 e. The maximum absolute atomic E-state index is 12.4. The highest BCUT2D eigenvalue weighted by atomic mass is 32.2. The van der Waals surface area contributed by atoms with Crippen LogP contribution in [-0.4, -0.2) is 44.3 Å². The van der Waals surface area contributed by atoms with E-state index in [1.807, 2.05) is 37.3 Å². The van der Waals surface area contributed by atoms with Gasteiger partial charge in [-0.25, -0.2) is 8.42 Å². The quantitative estimate of drug-likeness (QED) is 0.568. The number of carbonyl (C=O) groups excluding carboxylic acids is 2. The summed E-state index contributed by atoms with van der Waals surface area (Å²) >= 11 is 0. The minimum absolute atomic E-state index is 0.0153. The molecule has 1 unspecified atom stereocenters. The van der Waals surface area contributed by atoms with Gasteiger partial charge in [0.1, 0.15) is 17.3 Å². The van der Waals surface area contributed by atoms with Crippen molar-refractivity contribution in [2.75, 3.05) is 23.0 Å². The van der Waals surface area contributed by atoms with E-state index in [4.69, 9.17) is 4.74 Å². The summed E-state index contributed by atoms with van der Waals surface area (Å²) in [5.41, 5.74) is 0.703. The molecule has 1 fully saturated rings. The van der Waals surface area contributed by atoms with E-state index in [0.717, 1.165) is 18.6 Å². The van der Waals surface area contributed by atoms with Crippen LogP contribution in [-0.2, 0) is 19.4 Å². The fraction of sp³-hybridized carbons (Fsp3) is 0.391. The Labute approximate surface area is 183 Å². The van der Waals surface area contributed by atoms with Crippen molar-refractivity contribution in [1.29, 1.82) is 0 Å². The topological polar surface area (TPSA) is 92.8 Å². The molecular weight excluding hydrogens is 416 g/mol. The number of nitrogens with zero attached hydrogens (tertiary/aromatic N) is 1. The van der Waals surface area contributed by atoms with Crippen LogP contribution >= 0.6 is 0 Å². The van der Waals surface area contributed by atoms with Gasteiger partial charge in [-0.15, -0.1) is 0 Å². The summed E-state index contributed by atoms with van der Waals surface area (Å²) in [6.45, 7) is 2.30. The second-order valence-corrected chi connectivity index (χ2v) is 9.87. The van der Waals surface area contributed by atoms with Crippen LogP contribution in [0, 0.1) is 0 Å². The molecule has 0 saturated carbocycles. The Kier molecular flexibility index (Phi) is 7.68. The Morgan fingerprint density at radius 3 is 2.42 bits per heavy atom. The standard InChI is InChI=1S/C23H28N2O5S/c1-2-3-7-14-31(28,29)17-22(26)24-18-15-23(27)25(16-18)19-10-12-21(13-11-19)30-20-8-5-4-6-9-20/h4-6,8-13,18H,2-3,7,14-17H2,1H3,(H,24,26). The van der Waals surface area contributed by atoms with Crippen molar-refractivity contribution in [1.82, 2.24) is 5.32 Å². The molecule has 1 saturated heterocycles. The van der Waals surface area contributed by atoms with E-state index < -0.39 is 27.5 Å². The number of nitrogens with one attached hydrogen (secondary N) is 1. The fourth-order valence-corrected chi connectivity index (χ4v) is 4.76. The molecule has 2 amide bonds. The molecule has 2 aromatic rings. The van der Waals surface area contributed by atoms with Gasteiger partial charge >= 0.3 is 0 Å². The molecule has 1 N–H and O–H groups in total. The van der Waals surface area contributed by atoms with E-state index in [1.54, 1.807) is 29.2 Å². The van der Waals surface area contributed by atoms with Gasteiger partial charge < -0.3 is 15.0 Å². The highest BCUT2D eigenvalue weighted by Gasteiger charge is 2.32. The first-order valence-electron chi connectivity index (χ1n) is 10.5.